The molecule has 0 spiro atoms. The van der Waals surface area contributed by atoms with Crippen LogP contribution >= 0.6 is 0 Å². The Bertz CT molecular complexity index is 121. The van der Waals surface area contributed by atoms with E-state index in [0.717, 1.165) is 39.1 Å². The minimum absolute atomic E-state index is 0.160. The summed E-state index contributed by atoms with van der Waals surface area (Å²) in [5.41, 5.74) is 0. The Morgan fingerprint density at radius 3 is 2.73 bits per heavy atom. The molecule has 0 aromatic heterocycles. The molecule has 0 aliphatic carbocycles. The molecule has 1 rings (SSSR count). The molecule has 1 aliphatic heterocycles. The standard InChI is InChI=1S/C8H15NO2/c1-8(7-10)6-9-2-4-11-5-3-9/h7-8H,2-6H2,1H3. The van der Waals surface area contributed by atoms with Gasteiger partial charge in [0.25, 0.3) is 0 Å². The first-order valence-corrected chi connectivity index (χ1v) is 4.08. The molecule has 0 saturated carbocycles. The van der Waals surface area contributed by atoms with Crippen molar-refractivity contribution in [3.05, 3.63) is 0 Å². The molecule has 1 saturated heterocycles. The fourth-order valence-corrected chi connectivity index (χ4v) is 1.23. The van der Waals surface area contributed by atoms with Crippen LogP contribution in [-0.2, 0) is 9.53 Å². The molecule has 1 heterocycles. The zero-order valence-corrected chi connectivity index (χ0v) is 6.95. The smallest absolute Gasteiger partial charge is 0.124 e. The van der Waals surface area contributed by atoms with Crippen LogP contribution in [0.1, 0.15) is 6.92 Å². The van der Waals surface area contributed by atoms with E-state index in [-0.39, 0.29) is 5.92 Å². The predicted molar refractivity (Wildman–Crippen MR) is 42.5 cm³/mol. The third-order valence-corrected chi connectivity index (χ3v) is 1.88. The van der Waals surface area contributed by atoms with E-state index in [4.69, 9.17) is 4.74 Å². The molecule has 3 nitrogen and oxygen atoms in total. The summed E-state index contributed by atoms with van der Waals surface area (Å²) in [6, 6.07) is 0. The highest BCUT2D eigenvalue weighted by Gasteiger charge is 2.12. The van der Waals surface area contributed by atoms with E-state index < -0.39 is 0 Å². The average molecular weight is 157 g/mol. The fourth-order valence-electron chi connectivity index (χ4n) is 1.23. The van der Waals surface area contributed by atoms with Gasteiger partial charge in [0, 0.05) is 25.6 Å². The van der Waals surface area contributed by atoms with Crippen molar-refractivity contribution in [2.75, 3.05) is 32.8 Å². The van der Waals surface area contributed by atoms with Gasteiger partial charge in [-0.25, -0.2) is 0 Å². The van der Waals surface area contributed by atoms with Crippen LogP contribution in [0.4, 0.5) is 0 Å². The van der Waals surface area contributed by atoms with Gasteiger partial charge in [0.05, 0.1) is 13.2 Å². The quantitative estimate of drug-likeness (QED) is 0.546. The Hall–Kier alpha value is -0.410. The van der Waals surface area contributed by atoms with Gasteiger partial charge in [-0.2, -0.15) is 0 Å². The number of carbonyl (C=O) groups excluding carboxylic acids is 1. The summed E-state index contributed by atoms with van der Waals surface area (Å²) in [5, 5.41) is 0. The Labute approximate surface area is 67.3 Å². The summed E-state index contributed by atoms with van der Waals surface area (Å²) >= 11 is 0. The molecule has 1 fully saturated rings. The van der Waals surface area contributed by atoms with Crippen LogP contribution in [0.5, 0.6) is 0 Å². The lowest BCUT2D eigenvalue weighted by Crippen LogP contribution is -2.39. The maximum Gasteiger partial charge on any atom is 0.124 e. The number of hydrogen-bond donors (Lipinski definition) is 0. The molecular formula is C8H15NO2. The van der Waals surface area contributed by atoms with E-state index in [2.05, 4.69) is 4.90 Å². The molecule has 1 atom stereocenters. The number of hydrogen-bond acceptors (Lipinski definition) is 3. The molecule has 0 bridgehead atoms. The molecule has 0 aromatic rings. The highest BCUT2D eigenvalue weighted by atomic mass is 16.5. The normalized spacial score (nSPS) is 23.0. The summed E-state index contributed by atoms with van der Waals surface area (Å²) in [7, 11) is 0. The second-order valence-electron chi connectivity index (χ2n) is 3.03. The summed E-state index contributed by atoms with van der Waals surface area (Å²) in [4.78, 5) is 12.6. The van der Waals surface area contributed by atoms with Gasteiger partial charge in [0.15, 0.2) is 0 Å². The molecule has 0 amide bonds. The van der Waals surface area contributed by atoms with Crippen LogP contribution in [0.2, 0.25) is 0 Å². The Balaban J connectivity index is 2.18. The molecule has 0 radical (unpaired) electrons. The summed E-state index contributed by atoms with van der Waals surface area (Å²) in [6.45, 7) is 6.39. The van der Waals surface area contributed by atoms with Crippen molar-refractivity contribution in [2.24, 2.45) is 5.92 Å². The molecule has 3 heteroatoms. The second kappa shape index (κ2) is 4.46. The van der Waals surface area contributed by atoms with E-state index in [9.17, 15) is 4.79 Å². The van der Waals surface area contributed by atoms with Crippen LogP contribution in [0.15, 0.2) is 0 Å². The van der Waals surface area contributed by atoms with E-state index in [1.165, 1.54) is 0 Å². The molecule has 0 N–H and O–H groups in total. The maximum absolute atomic E-state index is 10.3. The second-order valence-corrected chi connectivity index (χ2v) is 3.03. The van der Waals surface area contributed by atoms with Crippen LogP contribution in [-0.4, -0.2) is 44.0 Å². The first-order chi connectivity index (χ1) is 5.33. The first-order valence-electron chi connectivity index (χ1n) is 4.08. The monoisotopic (exact) mass is 157 g/mol. The summed E-state index contributed by atoms with van der Waals surface area (Å²) < 4.78 is 5.18. The van der Waals surface area contributed by atoms with Crippen LogP contribution in [0.25, 0.3) is 0 Å². The highest BCUT2D eigenvalue weighted by Crippen LogP contribution is 2.00. The zero-order valence-electron chi connectivity index (χ0n) is 6.95. The van der Waals surface area contributed by atoms with Crippen LogP contribution in [0.3, 0.4) is 0 Å². The molecule has 64 valence electrons. The predicted octanol–water partition coefficient (Wildman–Crippen LogP) is 0.154. The van der Waals surface area contributed by atoms with E-state index in [0.29, 0.717) is 0 Å². The number of carbonyl (C=O) groups is 1. The molecule has 0 aromatic carbocycles. The number of nitrogens with zero attached hydrogens (tertiary/aromatic N) is 1. The molecule has 1 aliphatic rings. The average Bonchev–Trinajstić information content (AvgIpc) is 2.06. The van der Waals surface area contributed by atoms with Gasteiger partial charge in [0.2, 0.25) is 0 Å². The van der Waals surface area contributed by atoms with E-state index in [1.54, 1.807) is 0 Å². The molecule has 1 unspecified atom stereocenters. The van der Waals surface area contributed by atoms with Crippen molar-refractivity contribution in [1.82, 2.24) is 4.90 Å². The number of aldehydes is 1. The van der Waals surface area contributed by atoms with Crippen LogP contribution < -0.4 is 0 Å². The Morgan fingerprint density at radius 2 is 2.18 bits per heavy atom. The zero-order chi connectivity index (χ0) is 8.10. The van der Waals surface area contributed by atoms with E-state index in [1.807, 2.05) is 6.92 Å². The summed E-state index contributed by atoms with van der Waals surface area (Å²) in [6.07, 6.45) is 1.01. The van der Waals surface area contributed by atoms with Crippen molar-refractivity contribution in [1.29, 1.82) is 0 Å². The largest absolute Gasteiger partial charge is 0.379 e. The number of ether oxygens (including phenoxy) is 1. The van der Waals surface area contributed by atoms with Crippen molar-refractivity contribution in [2.45, 2.75) is 6.92 Å². The minimum Gasteiger partial charge on any atom is -0.379 e. The summed E-state index contributed by atoms with van der Waals surface area (Å²) in [5.74, 6) is 0.160. The van der Waals surface area contributed by atoms with Crippen molar-refractivity contribution in [3.63, 3.8) is 0 Å². The Morgan fingerprint density at radius 1 is 1.55 bits per heavy atom. The lowest BCUT2D eigenvalue weighted by molar-refractivity contribution is -0.111. The highest BCUT2D eigenvalue weighted by molar-refractivity contribution is 5.52. The fraction of sp³-hybridized carbons (Fsp3) is 0.875. The third kappa shape index (κ3) is 2.99. The number of rotatable bonds is 3. The van der Waals surface area contributed by atoms with Gasteiger partial charge in [-0.05, 0) is 0 Å². The van der Waals surface area contributed by atoms with Gasteiger partial charge < -0.3 is 9.53 Å². The lowest BCUT2D eigenvalue weighted by atomic mass is 10.2. The Kier molecular flexibility index (Phi) is 3.52. The van der Waals surface area contributed by atoms with Crippen LogP contribution in [0, 0.1) is 5.92 Å². The SMILES string of the molecule is CC(C=O)CN1CCOCC1. The van der Waals surface area contributed by atoms with Gasteiger partial charge in [0.1, 0.15) is 6.29 Å². The molecular weight excluding hydrogens is 142 g/mol. The van der Waals surface area contributed by atoms with Gasteiger partial charge in [-0.15, -0.1) is 0 Å². The first kappa shape index (κ1) is 8.68. The topological polar surface area (TPSA) is 29.5 Å². The maximum atomic E-state index is 10.3. The van der Waals surface area contributed by atoms with Gasteiger partial charge in [-0.3, -0.25) is 4.90 Å². The van der Waals surface area contributed by atoms with Crippen molar-refractivity contribution >= 4 is 6.29 Å². The third-order valence-electron chi connectivity index (χ3n) is 1.88. The van der Waals surface area contributed by atoms with E-state index >= 15 is 0 Å². The van der Waals surface area contributed by atoms with Gasteiger partial charge >= 0.3 is 0 Å². The number of morpholine rings is 1. The van der Waals surface area contributed by atoms with Crippen molar-refractivity contribution in [3.8, 4) is 0 Å². The minimum atomic E-state index is 0.160. The lowest BCUT2D eigenvalue weighted by Gasteiger charge is -2.27. The van der Waals surface area contributed by atoms with Gasteiger partial charge in [-0.1, -0.05) is 6.92 Å². The molecule has 11 heavy (non-hydrogen) atoms. The van der Waals surface area contributed by atoms with Crippen molar-refractivity contribution < 1.29 is 9.53 Å².